The van der Waals surface area contributed by atoms with Crippen LogP contribution in [0.4, 0.5) is 16.2 Å². The molecule has 3 aromatic rings. The highest BCUT2D eigenvalue weighted by Crippen LogP contribution is 2.21. The van der Waals surface area contributed by atoms with E-state index in [9.17, 15) is 20.4 Å². The van der Waals surface area contributed by atoms with Crippen molar-refractivity contribution in [2.45, 2.75) is 39.3 Å². The normalized spacial score (nSPS) is 16.2. The maximum absolute atomic E-state index is 13.3. The van der Waals surface area contributed by atoms with Crippen LogP contribution in [0.15, 0.2) is 60.7 Å². The van der Waals surface area contributed by atoms with Crippen molar-refractivity contribution in [2.75, 3.05) is 89.8 Å². The van der Waals surface area contributed by atoms with Gasteiger partial charge in [-0.15, -0.1) is 0 Å². The lowest BCUT2D eigenvalue weighted by Gasteiger charge is -2.22. The lowest BCUT2D eigenvalue weighted by atomic mass is 9.94. The predicted octanol–water partition coefficient (Wildman–Crippen LogP) is 5.52. The molecule has 1 heterocycles. The third-order valence-corrected chi connectivity index (χ3v) is 8.33. The van der Waals surface area contributed by atoms with E-state index in [4.69, 9.17) is 23.7 Å². The minimum absolute atomic E-state index is 0.217. The quantitative estimate of drug-likeness (QED) is 0.273. The summed E-state index contributed by atoms with van der Waals surface area (Å²) < 4.78 is 28.3. The summed E-state index contributed by atoms with van der Waals surface area (Å²) in [4.78, 5) is 15.6. The van der Waals surface area contributed by atoms with Gasteiger partial charge in [0.25, 0.3) is 0 Å². The highest BCUT2D eigenvalue weighted by Gasteiger charge is 2.19. The molecule has 0 saturated carbocycles. The number of nitrogens with one attached hydrogen (secondary N) is 2. The Labute approximate surface area is 330 Å². The fraction of sp³-hybridized carbons (Fsp3) is 0.432. The highest BCUT2D eigenvalue weighted by atomic mass is 16.6. The number of rotatable bonds is 6. The van der Waals surface area contributed by atoms with Crippen molar-refractivity contribution in [3.63, 3.8) is 0 Å². The zero-order chi connectivity index (χ0) is 40.0. The van der Waals surface area contributed by atoms with Crippen molar-refractivity contribution >= 4 is 17.4 Å². The Morgan fingerprint density at radius 3 is 1.71 bits per heavy atom. The summed E-state index contributed by atoms with van der Waals surface area (Å²) in [5.74, 6) is 12.4. The van der Waals surface area contributed by atoms with Crippen LogP contribution in [0.25, 0.3) is 0 Å². The molecule has 56 heavy (non-hydrogen) atoms. The van der Waals surface area contributed by atoms with E-state index in [2.05, 4.69) is 51.4 Å². The van der Waals surface area contributed by atoms with Crippen LogP contribution in [0.2, 0.25) is 0 Å². The van der Waals surface area contributed by atoms with Gasteiger partial charge in [0.2, 0.25) is 0 Å². The maximum atomic E-state index is 13.3. The zero-order valence-corrected chi connectivity index (χ0v) is 32.5. The minimum Gasteiger partial charge on any atom is -0.378 e. The SMILES string of the molecule is CC(C)CC(C)(O)C#Cc1cc(C#N)ccc1NC(=O)Nc1ccc(C#N)cc1C#Cc1cccc(CN2CCOCCOCCOCCOCCOCC2)c1. The molecule has 0 radical (unpaired) electrons. The molecular formula is C44H51N5O7. The monoisotopic (exact) mass is 761 g/mol. The van der Waals surface area contributed by atoms with Gasteiger partial charge in [-0.25, -0.2) is 4.79 Å². The predicted molar refractivity (Wildman–Crippen MR) is 214 cm³/mol. The molecule has 1 fully saturated rings. The summed E-state index contributed by atoms with van der Waals surface area (Å²) in [6.45, 7) is 12.8. The molecule has 12 heteroatoms. The number of carbonyl (C=O) groups is 1. The molecule has 3 aromatic carbocycles. The molecule has 0 bridgehead atoms. The molecule has 294 valence electrons. The number of carbonyl (C=O) groups excluding carboxylic acids is 1. The molecule has 1 aliphatic heterocycles. The maximum Gasteiger partial charge on any atom is 0.323 e. The topological polar surface area (TPSA) is 158 Å². The molecule has 0 spiro atoms. The number of ether oxygens (including phenoxy) is 5. The first kappa shape index (κ1) is 43.5. The molecule has 3 N–H and O–H groups in total. The average molecular weight is 762 g/mol. The summed E-state index contributed by atoms with van der Waals surface area (Å²) in [6, 6.07) is 21.2. The van der Waals surface area contributed by atoms with E-state index in [1.54, 1.807) is 43.3 Å². The Morgan fingerprint density at radius 1 is 0.714 bits per heavy atom. The van der Waals surface area contributed by atoms with Gasteiger partial charge < -0.3 is 39.4 Å². The van der Waals surface area contributed by atoms with E-state index in [0.29, 0.717) is 126 Å². The number of urea groups is 1. The first-order valence-electron chi connectivity index (χ1n) is 18.8. The third-order valence-electron chi connectivity index (χ3n) is 8.33. The van der Waals surface area contributed by atoms with E-state index in [1.165, 1.54) is 0 Å². The minimum atomic E-state index is -1.25. The van der Waals surface area contributed by atoms with Crippen LogP contribution >= 0.6 is 0 Å². The van der Waals surface area contributed by atoms with Crippen LogP contribution in [0, 0.1) is 52.3 Å². The van der Waals surface area contributed by atoms with Gasteiger partial charge >= 0.3 is 6.03 Å². The van der Waals surface area contributed by atoms with Crippen molar-refractivity contribution in [3.05, 3.63) is 94.0 Å². The van der Waals surface area contributed by atoms with Gasteiger partial charge in [0.1, 0.15) is 5.60 Å². The van der Waals surface area contributed by atoms with E-state index >= 15 is 0 Å². The second kappa shape index (κ2) is 23.6. The number of anilines is 2. The Morgan fingerprint density at radius 2 is 1.21 bits per heavy atom. The van der Waals surface area contributed by atoms with Crippen LogP contribution in [0.1, 0.15) is 60.6 Å². The molecule has 12 nitrogen and oxygen atoms in total. The van der Waals surface area contributed by atoms with Crippen molar-refractivity contribution in [1.29, 1.82) is 10.5 Å². The fourth-order valence-corrected chi connectivity index (χ4v) is 5.76. The Kier molecular flexibility index (Phi) is 18.3. The number of aliphatic hydroxyl groups is 1. The molecule has 1 atom stereocenters. The number of amides is 2. The molecule has 0 aliphatic carbocycles. The van der Waals surface area contributed by atoms with E-state index < -0.39 is 11.6 Å². The first-order valence-corrected chi connectivity index (χ1v) is 18.8. The van der Waals surface area contributed by atoms with Crippen LogP contribution in [-0.2, 0) is 30.2 Å². The van der Waals surface area contributed by atoms with Crippen molar-refractivity contribution in [2.24, 2.45) is 5.92 Å². The number of nitrogens with zero attached hydrogens (tertiary/aromatic N) is 3. The van der Waals surface area contributed by atoms with Crippen LogP contribution in [0.3, 0.4) is 0 Å². The smallest absolute Gasteiger partial charge is 0.323 e. The molecule has 1 unspecified atom stereocenters. The van der Waals surface area contributed by atoms with Gasteiger partial charge in [0, 0.05) is 36.3 Å². The number of hydrogen-bond donors (Lipinski definition) is 3. The standard InChI is InChI=1S/C44H51N5O7/c1-34(2)30-44(3,51)14-13-40-29-37(32-46)9-12-42(40)48-43(50)47-41-11-8-36(31-45)28-39(41)10-7-35-5-4-6-38(27-35)33-49-15-17-52-19-21-54-23-25-56-26-24-55-22-20-53-18-16-49/h4-6,8-9,11-12,27-29,34,51H,15-26,30,33H2,1-3H3,(H2,47,48,50). The average Bonchev–Trinajstić information content (AvgIpc) is 3.17. The van der Waals surface area contributed by atoms with Gasteiger partial charge in [-0.05, 0) is 73.4 Å². The van der Waals surface area contributed by atoms with E-state index in [1.807, 2.05) is 38.1 Å². The highest BCUT2D eigenvalue weighted by molar-refractivity contribution is 6.01. The van der Waals surface area contributed by atoms with Crippen molar-refractivity contribution in [3.8, 4) is 35.8 Å². The second-order valence-corrected chi connectivity index (χ2v) is 13.7. The summed E-state index contributed by atoms with van der Waals surface area (Å²) in [6.07, 6.45) is 0.460. The molecular weight excluding hydrogens is 711 g/mol. The Hall–Kier alpha value is -5.25. The fourth-order valence-electron chi connectivity index (χ4n) is 5.76. The van der Waals surface area contributed by atoms with Gasteiger partial charge in [0.15, 0.2) is 0 Å². The van der Waals surface area contributed by atoms with Crippen LogP contribution < -0.4 is 10.6 Å². The van der Waals surface area contributed by atoms with Crippen molar-refractivity contribution < 1.29 is 33.6 Å². The molecule has 1 aliphatic rings. The lowest BCUT2D eigenvalue weighted by molar-refractivity contribution is -0.0189. The molecule has 4 rings (SSSR count). The van der Waals surface area contributed by atoms with Crippen molar-refractivity contribution in [1.82, 2.24) is 4.90 Å². The number of hydrogen-bond acceptors (Lipinski definition) is 10. The largest absolute Gasteiger partial charge is 0.378 e. The van der Waals surface area contributed by atoms with Crippen LogP contribution in [-0.4, -0.2) is 101 Å². The first-order chi connectivity index (χ1) is 27.1. The summed E-state index contributed by atoms with van der Waals surface area (Å²) in [5, 5.41) is 35.5. The molecule has 1 saturated heterocycles. The Balaban J connectivity index is 1.46. The van der Waals surface area contributed by atoms with E-state index in [0.717, 1.165) is 11.1 Å². The van der Waals surface area contributed by atoms with Gasteiger partial charge in [-0.2, -0.15) is 10.5 Å². The van der Waals surface area contributed by atoms with Gasteiger partial charge in [0.05, 0.1) is 101 Å². The molecule has 2 amide bonds. The van der Waals surface area contributed by atoms with E-state index in [-0.39, 0.29) is 5.92 Å². The lowest BCUT2D eigenvalue weighted by Crippen LogP contribution is -2.31. The zero-order valence-electron chi connectivity index (χ0n) is 32.5. The summed E-state index contributed by atoms with van der Waals surface area (Å²) in [7, 11) is 0. The third kappa shape index (κ3) is 16.2. The van der Waals surface area contributed by atoms with Gasteiger partial charge in [-0.3, -0.25) is 4.90 Å². The van der Waals surface area contributed by atoms with Crippen LogP contribution in [0.5, 0.6) is 0 Å². The molecule has 0 aromatic heterocycles. The summed E-state index contributed by atoms with van der Waals surface area (Å²) in [5.41, 5.74) is 2.94. The second-order valence-electron chi connectivity index (χ2n) is 13.7. The Bertz CT molecular complexity index is 1930. The number of nitriles is 2. The van der Waals surface area contributed by atoms with Gasteiger partial charge in [-0.1, -0.05) is 49.7 Å². The summed E-state index contributed by atoms with van der Waals surface area (Å²) >= 11 is 0. The number of benzene rings is 3.